The van der Waals surface area contributed by atoms with Gasteiger partial charge in [-0.15, -0.1) is 0 Å². The lowest BCUT2D eigenvalue weighted by Gasteiger charge is -2.35. The smallest absolute Gasteiger partial charge is 0.263 e. The molecule has 1 unspecified atom stereocenters. The minimum absolute atomic E-state index is 0.000779. The lowest BCUT2D eigenvalue weighted by Crippen LogP contribution is -2.51. The summed E-state index contributed by atoms with van der Waals surface area (Å²) in [4.78, 5) is 12.2. The van der Waals surface area contributed by atoms with Gasteiger partial charge in [0.25, 0.3) is 5.91 Å². The molecule has 1 aromatic rings. The number of nitrogens with one attached hydrogen (secondary N) is 1. The molecule has 3 heteroatoms. The number of amides is 1. The zero-order chi connectivity index (χ0) is 14.0. The molecule has 19 heavy (non-hydrogen) atoms. The normalized spacial score (nSPS) is 21.5. The van der Waals surface area contributed by atoms with Crippen molar-refractivity contribution in [3.63, 3.8) is 0 Å². The third-order valence-corrected chi connectivity index (χ3v) is 3.78. The van der Waals surface area contributed by atoms with Crippen LogP contribution in [0, 0.1) is 13.8 Å². The zero-order valence-corrected chi connectivity index (χ0v) is 12.3. The lowest BCUT2D eigenvalue weighted by molar-refractivity contribution is -0.136. The van der Waals surface area contributed by atoms with E-state index in [4.69, 9.17) is 4.74 Å². The van der Waals surface area contributed by atoms with Gasteiger partial charge in [-0.3, -0.25) is 4.79 Å². The first-order valence-corrected chi connectivity index (χ1v) is 7.03. The minimum Gasteiger partial charge on any atom is -0.477 e. The Balaban J connectivity index is 2.23. The van der Waals surface area contributed by atoms with Crippen LogP contribution in [-0.2, 0) is 11.2 Å². The first-order chi connectivity index (χ1) is 8.96. The van der Waals surface area contributed by atoms with Gasteiger partial charge in [0.2, 0.25) is 0 Å². The Morgan fingerprint density at radius 3 is 2.84 bits per heavy atom. The van der Waals surface area contributed by atoms with Crippen LogP contribution < -0.4 is 10.1 Å². The van der Waals surface area contributed by atoms with Gasteiger partial charge in [0, 0.05) is 13.0 Å². The summed E-state index contributed by atoms with van der Waals surface area (Å²) in [6, 6.07) is 4.20. The van der Waals surface area contributed by atoms with E-state index < -0.39 is 5.60 Å². The van der Waals surface area contributed by atoms with Crippen LogP contribution in [0.15, 0.2) is 12.1 Å². The molecule has 1 aromatic carbocycles. The van der Waals surface area contributed by atoms with Crippen LogP contribution in [-0.4, -0.2) is 18.1 Å². The van der Waals surface area contributed by atoms with Crippen LogP contribution in [0.4, 0.5) is 0 Å². The Kier molecular flexibility index (Phi) is 3.83. The van der Waals surface area contributed by atoms with Crippen molar-refractivity contribution in [3.05, 3.63) is 28.8 Å². The Bertz CT molecular complexity index is 496. The van der Waals surface area contributed by atoms with E-state index in [2.05, 4.69) is 25.2 Å². The third-order valence-electron chi connectivity index (χ3n) is 3.78. The topological polar surface area (TPSA) is 38.3 Å². The molecule has 0 radical (unpaired) electrons. The summed E-state index contributed by atoms with van der Waals surface area (Å²) in [7, 11) is 0. The molecule has 0 aromatic heterocycles. The molecule has 3 nitrogen and oxygen atoms in total. The highest BCUT2D eigenvalue weighted by molar-refractivity contribution is 5.85. The van der Waals surface area contributed by atoms with Crippen LogP contribution >= 0.6 is 0 Å². The zero-order valence-electron chi connectivity index (χ0n) is 12.3. The van der Waals surface area contributed by atoms with Crippen molar-refractivity contribution in [2.24, 2.45) is 0 Å². The highest BCUT2D eigenvalue weighted by atomic mass is 16.5. The molecule has 0 aliphatic carbocycles. The maximum absolute atomic E-state index is 12.2. The summed E-state index contributed by atoms with van der Waals surface area (Å²) >= 11 is 0. The number of rotatable bonds is 3. The van der Waals surface area contributed by atoms with Gasteiger partial charge in [-0.05, 0) is 56.4 Å². The van der Waals surface area contributed by atoms with Crippen molar-refractivity contribution >= 4 is 5.91 Å². The maximum Gasteiger partial charge on any atom is 0.263 e. The SMILES string of the molecule is CCCNC(=O)C1(C)CCc2c(C)cc(C)cc2O1. The van der Waals surface area contributed by atoms with Crippen molar-refractivity contribution in [3.8, 4) is 5.75 Å². The Labute approximate surface area is 115 Å². The van der Waals surface area contributed by atoms with Crippen LogP contribution in [0.25, 0.3) is 0 Å². The molecule has 1 aliphatic heterocycles. The van der Waals surface area contributed by atoms with Crippen LogP contribution in [0.5, 0.6) is 5.75 Å². The molecule has 1 heterocycles. The van der Waals surface area contributed by atoms with Gasteiger partial charge in [0.05, 0.1) is 0 Å². The summed E-state index contributed by atoms with van der Waals surface area (Å²) < 4.78 is 6.03. The predicted octanol–water partition coefficient (Wildman–Crippen LogP) is 2.91. The van der Waals surface area contributed by atoms with Crippen molar-refractivity contribution in [2.75, 3.05) is 6.54 Å². The number of hydrogen-bond acceptors (Lipinski definition) is 2. The number of fused-ring (bicyclic) bond motifs is 1. The van der Waals surface area contributed by atoms with E-state index in [-0.39, 0.29) is 5.91 Å². The number of aryl methyl sites for hydroxylation is 2. The minimum atomic E-state index is -0.734. The molecule has 1 aliphatic rings. The van der Waals surface area contributed by atoms with Gasteiger partial charge in [0.15, 0.2) is 5.60 Å². The second-order valence-corrected chi connectivity index (χ2v) is 5.65. The van der Waals surface area contributed by atoms with E-state index in [0.29, 0.717) is 6.54 Å². The number of benzene rings is 1. The molecule has 1 atom stereocenters. The molecular formula is C16H23NO2. The Morgan fingerprint density at radius 2 is 2.16 bits per heavy atom. The maximum atomic E-state index is 12.2. The summed E-state index contributed by atoms with van der Waals surface area (Å²) in [6.45, 7) is 8.80. The van der Waals surface area contributed by atoms with E-state index in [9.17, 15) is 4.79 Å². The van der Waals surface area contributed by atoms with Gasteiger partial charge in [-0.25, -0.2) is 0 Å². The molecule has 0 spiro atoms. The fraction of sp³-hybridized carbons (Fsp3) is 0.562. The lowest BCUT2D eigenvalue weighted by atomic mass is 9.89. The second-order valence-electron chi connectivity index (χ2n) is 5.65. The molecule has 1 amide bonds. The van der Waals surface area contributed by atoms with Crippen LogP contribution in [0.3, 0.4) is 0 Å². The fourth-order valence-corrected chi connectivity index (χ4v) is 2.61. The van der Waals surface area contributed by atoms with E-state index in [1.54, 1.807) is 0 Å². The Hall–Kier alpha value is -1.51. The standard InChI is InChI=1S/C16H23NO2/c1-5-8-17-15(18)16(4)7-6-13-12(3)9-11(2)10-14(13)19-16/h9-10H,5-8H2,1-4H3,(H,17,18). The van der Waals surface area contributed by atoms with Gasteiger partial charge >= 0.3 is 0 Å². The first-order valence-electron chi connectivity index (χ1n) is 7.03. The molecule has 0 saturated heterocycles. The molecule has 0 saturated carbocycles. The fourth-order valence-electron chi connectivity index (χ4n) is 2.61. The summed E-state index contributed by atoms with van der Waals surface area (Å²) in [5.41, 5.74) is 2.94. The second kappa shape index (κ2) is 5.24. The molecule has 104 valence electrons. The first kappa shape index (κ1) is 13.9. The average molecular weight is 261 g/mol. The molecule has 2 rings (SSSR count). The van der Waals surface area contributed by atoms with Crippen LogP contribution in [0.1, 0.15) is 43.4 Å². The van der Waals surface area contributed by atoms with Gasteiger partial charge in [-0.1, -0.05) is 13.0 Å². The molecular weight excluding hydrogens is 238 g/mol. The van der Waals surface area contributed by atoms with E-state index in [1.807, 2.05) is 19.9 Å². The van der Waals surface area contributed by atoms with Crippen molar-refractivity contribution in [1.82, 2.24) is 5.32 Å². The Morgan fingerprint density at radius 1 is 1.42 bits per heavy atom. The van der Waals surface area contributed by atoms with Gasteiger partial charge in [-0.2, -0.15) is 0 Å². The van der Waals surface area contributed by atoms with E-state index >= 15 is 0 Å². The highest BCUT2D eigenvalue weighted by Crippen LogP contribution is 2.36. The van der Waals surface area contributed by atoms with Crippen molar-refractivity contribution < 1.29 is 9.53 Å². The number of hydrogen-bond donors (Lipinski definition) is 1. The summed E-state index contributed by atoms with van der Waals surface area (Å²) in [5, 5.41) is 2.94. The number of carbonyl (C=O) groups excluding carboxylic acids is 1. The van der Waals surface area contributed by atoms with Crippen molar-refractivity contribution in [2.45, 2.75) is 52.6 Å². The van der Waals surface area contributed by atoms with E-state index in [0.717, 1.165) is 25.0 Å². The molecule has 1 N–H and O–H groups in total. The summed E-state index contributed by atoms with van der Waals surface area (Å²) in [6.07, 6.45) is 2.58. The van der Waals surface area contributed by atoms with Crippen molar-refractivity contribution in [1.29, 1.82) is 0 Å². The number of ether oxygens (including phenoxy) is 1. The highest BCUT2D eigenvalue weighted by Gasteiger charge is 2.39. The van der Waals surface area contributed by atoms with Crippen LogP contribution in [0.2, 0.25) is 0 Å². The van der Waals surface area contributed by atoms with Gasteiger partial charge in [0.1, 0.15) is 5.75 Å². The largest absolute Gasteiger partial charge is 0.477 e. The third kappa shape index (κ3) is 2.75. The number of carbonyl (C=O) groups is 1. The molecule has 0 fully saturated rings. The molecule has 0 bridgehead atoms. The summed E-state index contributed by atoms with van der Waals surface area (Å²) in [5.74, 6) is 0.872. The average Bonchev–Trinajstić information content (AvgIpc) is 2.34. The quantitative estimate of drug-likeness (QED) is 0.908. The van der Waals surface area contributed by atoms with E-state index in [1.165, 1.54) is 16.7 Å². The predicted molar refractivity (Wildman–Crippen MR) is 76.6 cm³/mol. The monoisotopic (exact) mass is 261 g/mol. The van der Waals surface area contributed by atoms with Gasteiger partial charge < -0.3 is 10.1 Å².